The average molecular weight is 494 g/mol. The van der Waals surface area contributed by atoms with E-state index >= 15 is 0 Å². The molecule has 2 heterocycles. The zero-order valence-corrected chi connectivity index (χ0v) is 19.6. The fourth-order valence-corrected chi connectivity index (χ4v) is 5.36. The number of halogens is 3. The topological polar surface area (TPSA) is 71.3 Å². The van der Waals surface area contributed by atoms with Crippen LogP contribution in [-0.4, -0.2) is 65.3 Å². The first-order chi connectivity index (χ1) is 16.1. The number of piperazine rings is 1. The molecule has 1 fully saturated rings. The van der Waals surface area contributed by atoms with Gasteiger partial charge in [-0.15, -0.1) is 5.10 Å². The molecule has 0 aliphatic carbocycles. The van der Waals surface area contributed by atoms with Crippen LogP contribution < -0.4 is 0 Å². The van der Waals surface area contributed by atoms with Crippen molar-refractivity contribution in [2.24, 2.45) is 0 Å². The van der Waals surface area contributed by atoms with Crippen LogP contribution in [0.4, 0.5) is 13.2 Å². The van der Waals surface area contributed by atoms with Crippen molar-refractivity contribution in [2.75, 3.05) is 32.7 Å². The van der Waals surface area contributed by atoms with E-state index in [0.29, 0.717) is 25.7 Å². The van der Waals surface area contributed by atoms with Gasteiger partial charge in [0.25, 0.3) is 0 Å². The van der Waals surface area contributed by atoms with E-state index in [9.17, 15) is 21.6 Å². The highest BCUT2D eigenvalue weighted by molar-refractivity contribution is 7.89. The van der Waals surface area contributed by atoms with Crippen LogP contribution in [0.15, 0.2) is 59.6 Å². The van der Waals surface area contributed by atoms with E-state index in [1.807, 2.05) is 37.4 Å². The Kier molecular flexibility index (Phi) is 7.06. The van der Waals surface area contributed by atoms with Gasteiger partial charge < -0.3 is 4.90 Å². The van der Waals surface area contributed by atoms with Crippen molar-refractivity contribution in [3.8, 4) is 11.3 Å². The third-order valence-electron chi connectivity index (χ3n) is 5.88. The summed E-state index contributed by atoms with van der Waals surface area (Å²) in [6.07, 6.45) is -1.86. The molecule has 182 valence electrons. The van der Waals surface area contributed by atoms with Crippen molar-refractivity contribution in [1.82, 2.24) is 24.2 Å². The van der Waals surface area contributed by atoms with Gasteiger partial charge in [-0.1, -0.05) is 41.1 Å². The number of hydrogen-bond donors (Lipinski definition) is 0. The van der Waals surface area contributed by atoms with Crippen LogP contribution in [0.3, 0.4) is 0 Å². The maximum Gasteiger partial charge on any atom is 0.416 e. The summed E-state index contributed by atoms with van der Waals surface area (Å²) in [7, 11) is -3.97. The lowest BCUT2D eigenvalue weighted by Gasteiger charge is -2.34. The maximum absolute atomic E-state index is 13.0. The Morgan fingerprint density at radius 1 is 0.971 bits per heavy atom. The van der Waals surface area contributed by atoms with Crippen LogP contribution in [0.25, 0.3) is 11.3 Å². The fraction of sp³-hybridized carbons (Fsp3) is 0.391. The van der Waals surface area contributed by atoms with Gasteiger partial charge in [-0.25, -0.2) is 8.42 Å². The highest BCUT2D eigenvalue weighted by Gasteiger charge is 2.33. The van der Waals surface area contributed by atoms with Crippen LogP contribution in [0.1, 0.15) is 17.5 Å². The fourth-order valence-electron chi connectivity index (χ4n) is 3.90. The second-order valence-corrected chi connectivity index (χ2v) is 10.3. The minimum absolute atomic E-state index is 0.236. The quantitative estimate of drug-likeness (QED) is 0.502. The molecule has 3 aromatic rings. The Balaban J connectivity index is 1.27. The van der Waals surface area contributed by atoms with Gasteiger partial charge in [0.2, 0.25) is 10.0 Å². The lowest BCUT2D eigenvalue weighted by Crippen LogP contribution is -2.48. The maximum atomic E-state index is 13.0. The summed E-state index contributed by atoms with van der Waals surface area (Å²) in [6, 6.07) is 12.0. The summed E-state index contributed by atoms with van der Waals surface area (Å²) >= 11 is 0. The number of benzene rings is 2. The molecule has 0 amide bonds. The van der Waals surface area contributed by atoms with Gasteiger partial charge >= 0.3 is 6.18 Å². The molecule has 0 saturated carbocycles. The van der Waals surface area contributed by atoms with Gasteiger partial charge in [0.1, 0.15) is 5.69 Å². The molecule has 1 aromatic heterocycles. The standard InChI is InChI=1S/C23H26F3N5O2S/c1-18-6-8-19(9-7-18)22-17-30(28-27-22)11-3-10-29-12-14-31(15-13-29)34(32,33)21-5-2-4-20(16-21)23(24,25)26/h2,4-9,16-17H,3,10-15H2,1H3. The summed E-state index contributed by atoms with van der Waals surface area (Å²) in [5.74, 6) is 0. The molecule has 1 aliphatic heterocycles. The predicted octanol–water partition coefficient (Wildman–Crippen LogP) is 3.67. The molecule has 0 bridgehead atoms. The number of alkyl halides is 3. The summed E-state index contributed by atoms with van der Waals surface area (Å²) < 4.78 is 67.6. The molecule has 11 heteroatoms. The Hall–Kier alpha value is -2.76. The van der Waals surface area contributed by atoms with Crippen LogP contribution in [0.5, 0.6) is 0 Å². The first-order valence-corrected chi connectivity index (χ1v) is 12.4. The number of rotatable bonds is 7. The monoisotopic (exact) mass is 493 g/mol. The minimum atomic E-state index is -4.59. The average Bonchev–Trinajstić information content (AvgIpc) is 3.28. The van der Waals surface area contributed by atoms with Crippen molar-refractivity contribution in [3.05, 3.63) is 65.9 Å². The van der Waals surface area contributed by atoms with Gasteiger partial charge in [0, 0.05) is 44.8 Å². The van der Waals surface area contributed by atoms with E-state index in [2.05, 4.69) is 15.2 Å². The molecular weight excluding hydrogens is 467 g/mol. The Morgan fingerprint density at radius 3 is 2.35 bits per heavy atom. The second-order valence-electron chi connectivity index (χ2n) is 8.36. The molecule has 0 spiro atoms. The molecule has 1 saturated heterocycles. The number of hydrogen-bond acceptors (Lipinski definition) is 5. The van der Waals surface area contributed by atoms with Crippen molar-refractivity contribution < 1.29 is 21.6 Å². The van der Waals surface area contributed by atoms with Gasteiger partial charge in [0.15, 0.2) is 0 Å². The molecule has 34 heavy (non-hydrogen) atoms. The van der Waals surface area contributed by atoms with Crippen LogP contribution in [-0.2, 0) is 22.7 Å². The number of aryl methyl sites for hydroxylation is 2. The smallest absolute Gasteiger partial charge is 0.301 e. The lowest BCUT2D eigenvalue weighted by molar-refractivity contribution is -0.137. The van der Waals surface area contributed by atoms with Gasteiger partial charge in [-0.2, -0.15) is 17.5 Å². The van der Waals surface area contributed by atoms with E-state index in [-0.39, 0.29) is 18.0 Å². The first kappa shape index (κ1) is 24.4. The number of sulfonamides is 1. The molecule has 0 atom stereocenters. The number of nitrogens with zero attached hydrogens (tertiary/aromatic N) is 5. The van der Waals surface area contributed by atoms with E-state index in [4.69, 9.17) is 0 Å². The molecule has 4 rings (SSSR count). The van der Waals surface area contributed by atoms with Crippen molar-refractivity contribution >= 4 is 10.0 Å². The zero-order chi connectivity index (χ0) is 24.3. The van der Waals surface area contributed by atoms with Crippen molar-refractivity contribution in [2.45, 2.75) is 31.0 Å². The summed E-state index contributed by atoms with van der Waals surface area (Å²) in [4.78, 5) is 1.82. The third kappa shape index (κ3) is 5.65. The van der Waals surface area contributed by atoms with Gasteiger partial charge in [0.05, 0.1) is 16.7 Å². The van der Waals surface area contributed by atoms with E-state index in [1.54, 1.807) is 4.68 Å². The summed E-state index contributed by atoms with van der Waals surface area (Å²) in [5, 5.41) is 8.40. The summed E-state index contributed by atoms with van der Waals surface area (Å²) in [6.45, 7) is 4.98. The van der Waals surface area contributed by atoms with Gasteiger partial charge in [-0.3, -0.25) is 4.68 Å². The third-order valence-corrected chi connectivity index (χ3v) is 7.77. The lowest BCUT2D eigenvalue weighted by atomic mass is 10.1. The molecule has 0 N–H and O–H groups in total. The molecule has 0 radical (unpaired) electrons. The van der Waals surface area contributed by atoms with E-state index in [1.165, 1.54) is 15.9 Å². The summed E-state index contributed by atoms with van der Waals surface area (Å²) in [5.41, 5.74) is 2.04. The SMILES string of the molecule is Cc1ccc(-c2cn(CCCN3CCN(S(=O)(=O)c4cccc(C(F)(F)F)c4)CC3)nn2)cc1. The van der Waals surface area contributed by atoms with Crippen molar-refractivity contribution in [1.29, 1.82) is 0 Å². The van der Waals surface area contributed by atoms with Crippen LogP contribution in [0.2, 0.25) is 0 Å². The molecule has 1 aliphatic rings. The molecule has 0 unspecified atom stereocenters. The Bertz CT molecular complexity index is 1220. The highest BCUT2D eigenvalue weighted by Crippen LogP contribution is 2.31. The van der Waals surface area contributed by atoms with E-state index < -0.39 is 21.8 Å². The zero-order valence-electron chi connectivity index (χ0n) is 18.7. The number of aromatic nitrogens is 3. The Morgan fingerprint density at radius 2 is 1.68 bits per heavy atom. The normalized spacial score (nSPS) is 16.1. The minimum Gasteiger partial charge on any atom is -0.301 e. The Labute approximate surface area is 196 Å². The van der Waals surface area contributed by atoms with Crippen molar-refractivity contribution in [3.63, 3.8) is 0 Å². The molecule has 2 aromatic carbocycles. The van der Waals surface area contributed by atoms with E-state index in [0.717, 1.165) is 36.4 Å². The van der Waals surface area contributed by atoms with Crippen LogP contribution >= 0.6 is 0 Å². The second kappa shape index (κ2) is 9.85. The van der Waals surface area contributed by atoms with Gasteiger partial charge in [-0.05, 0) is 31.5 Å². The van der Waals surface area contributed by atoms with Crippen LogP contribution in [0, 0.1) is 6.92 Å². The molecule has 7 nitrogen and oxygen atoms in total. The predicted molar refractivity (Wildman–Crippen MR) is 121 cm³/mol. The highest BCUT2D eigenvalue weighted by atomic mass is 32.2. The largest absolute Gasteiger partial charge is 0.416 e. The first-order valence-electron chi connectivity index (χ1n) is 11.0. The molecular formula is C23H26F3N5O2S.